The van der Waals surface area contributed by atoms with Gasteiger partial charge in [-0.1, -0.05) is 32.0 Å². The van der Waals surface area contributed by atoms with Crippen molar-refractivity contribution in [3.63, 3.8) is 0 Å². The van der Waals surface area contributed by atoms with Crippen LogP contribution in [0.5, 0.6) is 0 Å². The molecule has 140 valence electrons. The summed E-state index contributed by atoms with van der Waals surface area (Å²) in [6, 6.07) is 8.44. The van der Waals surface area contributed by atoms with Crippen LogP contribution in [0.25, 0.3) is 0 Å². The maximum absolute atomic E-state index is 10.2. The fourth-order valence-electron chi connectivity index (χ4n) is 3.28. The molecule has 1 aromatic carbocycles. The Morgan fingerprint density at radius 2 is 1.96 bits per heavy atom. The smallest absolute Gasteiger partial charge is 0.224 e. The van der Waals surface area contributed by atoms with Crippen LogP contribution in [0.1, 0.15) is 62.9 Å². The molecule has 0 fully saturated rings. The van der Waals surface area contributed by atoms with Crippen LogP contribution in [0, 0.1) is 0 Å². The molecule has 2 heterocycles. The van der Waals surface area contributed by atoms with Crippen molar-refractivity contribution in [2.75, 3.05) is 23.3 Å². The van der Waals surface area contributed by atoms with E-state index in [0.717, 1.165) is 43.1 Å². The summed E-state index contributed by atoms with van der Waals surface area (Å²) in [4.78, 5) is 11.7. The van der Waals surface area contributed by atoms with E-state index in [4.69, 9.17) is 4.98 Å². The minimum atomic E-state index is -0.800. The first-order chi connectivity index (χ1) is 12.3. The average Bonchev–Trinajstić information content (AvgIpc) is 2.60. The number of aromatic nitrogens is 2. The fourth-order valence-corrected chi connectivity index (χ4v) is 3.28. The van der Waals surface area contributed by atoms with Gasteiger partial charge in [0.1, 0.15) is 5.82 Å². The summed E-state index contributed by atoms with van der Waals surface area (Å²) in [6.07, 6.45) is 0.955. The molecule has 0 spiro atoms. The van der Waals surface area contributed by atoms with E-state index in [-0.39, 0.29) is 0 Å². The summed E-state index contributed by atoms with van der Waals surface area (Å²) >= 11 is 0. The summed E-state index contributed by atoms with van der Waals surface area (Å²) in [5.41, 5.74) is 3.87. The van der Waals surface area contributed by atoms with E-state index in [1.807, 2.05) is 19.9 Å². The molecule has 3 rings (SSSR count). The fraction of sp³-hybridized carbons (Fsp3) is 0.524. The molecule has 5 heteroatoms. The highest BCUT2D eigenvalue weighted by Crippen LogP contribution is 2.29. The molecule has 1 aromatic heterocycles. The van der Waals surface area contributed by atoms with Gasteiger partial charge in [0.25, 0.3) is 0 Å². The number of anilines is 2. The van der Waals surface area contributed by atoms with Crippen molar-refractivity contribution in [1.29, 1.82) is 0 Å². The zero-order chi connectivity index (χ0) is 18.9. The summed E-state index contributed by atoms with van der Waals surface area (Å²) < 4.78 is 0. The number of fused-ring (bicyclic) bond motifs is 1. The molecule has 1 aliphatic heterocycles. The Morgan fingerprint density at radius 1 is 1.19 bits per heavy atom. The number of rotatable bonds is 5. The zero-order valence-electron chi connectivity index (χ0n) is 16.5. The minimum absolute atomic E-state index is 0.362. The van der Waals surface area contributed by atoms with E-state index in [0.29, 0.717) is 11.9 Å². The van der Waals surface area contributed by atoms with Gasteiger partial charge in [-0.25, -0.2) is 4.98 Å². The van der Waals surface area contributed by atoms with Crippen molar-refractivity contribution < 1.29 is 5.11 Å². The van der Waals surface area contributed by atoms with E-state index in [1.54, 1.807) is 0 Å². The molecule has 0 radical (unpaired) electrons. The van der Waals surface area contributed by atoms with Crippen LogP contribution in [0.15, 0.2) is 24.3 Å². The van der Waals surface area contributed by atoms with Crippen LogP contribution < -0.4 is 10.2 Å². The minimum Gasteiger partial charge on any atom is -0.386 e. The number of nitrogens with one attached hydrogen (secondary N) is 1. The molecule has 2 N–H and O–H groups in total. The number of hydrogen-bond acceptors (Lipinski definition) is 5. The van der Waals surface area contributed by atoms with Crippen LogP contribution in [0.4, 0.5) is 11.8 Å². The molecule has 0 atom stereocenters. The SMILES string of the molecule is CCNc1nc(C(C)C)cc(N2CCc3cc(C(C)(C)O)ccc3C2)n1. The Balaban J connectivity index is 1.88. The Bertz CT molecular complexity index is 780. The molecule has 1 aliphatic rings. The number of nitrogens with zero attached hydrogens (tertiary/aromatic N) is 3. The first-order valence-electron chi connectivity index (χ1n) is 9.50. The highest BCUT2D eigenvalue weighted by atomic mass is 16.3. The lowest BCUT2D eigenvalue weighted by Crippen LogP contribution is -2.32. The summed E-state index contributed by atoms with van der Waals surface area (Å²) in [7, 11) is 0. The van der Waals surface area contributed by atoms with Gasteiger partial charge in [-0.2, -0.15) is 4.98 Å². The summed E-state index contributed by atoms with van der Waals surface area (Å²) in [6.45, 7) is 12.6. The van der Waals surface area contributed by atoms with Crippen molar-refractivity contribution in [1.82, 2.24) is 9.97 Å². The molecule has 0 amide bonds. The third-order valence-corrected chi connectivity index (χ3v) is 4.91. The maximum atomic E-state index is 10.2. The second-order valence-electron chi connectivity index (χ2n) is 7.87. The lowest BCUT2D eigenvalue weighted by Gasteiger charge is -2.31. The molecular weight excluding hydrogens is 324 g/mol. The topological polar surface area (TPSA) is 61.3 Å². The Kier molecular flexibility index (Phi) is 5.19. The van der Waals surface area contributed by atoms with Crippen LogP contribution in [-0.2, 0) is 18.6 Å². The molecule has 26 heavy (non-hydrogen) atoms. The van der Waals surface area contributed by atoms with E-state index in [2.05, 4.69) is 54.2 Å². The first kappa shape index (κ1) is 18.6. The maximum Gasteiger partial charge on any atom is 0.224 e. The lowest BCUT2D eigenvalue weighted by molar-refractivity contribution is 0.0785. The van der Waals surface area contributed by atoms with Gasteiger partial charge in [-0.15, -0.1) is 0 Å². The van der Waals surface area contributed by atoms with Gasteiger partial charge in [0, 0.05) is 25.7 Å². The Labute approximate surface area is 156 Å². The zero-order valence-corrected chi connectivity index (χ0v) is 16.5. The average molecular weight is 354 g/mol. The van der Waals surface area contributed by atoms with Crippen LogP contribution in [0.2, 0.25) is 0 Å². The van der Waals surface area contributed by atoms with Crippen molar-refractivity contribution in [3.05, 3.63) is 46.6 Å². The Hall–Kier alpha value is -2.14. The standard InChI is InChI=1S/C21H30N4O/c1-6-22-20-23-18(14(2)3)12-19(24-20)25-10-9-15-11-17(21(4,5)26)8-7-16(15)13-25/h7-8,11-12,14,26H,6,9-10,13H2,1-5H3,(H,22,23,24). The molecule has 5 nitrogen and oxygen atoms in total. The molecule has 2 aromatic rings. The van der Waals surface area contributed by atoms with Gasteiger partial charge in [0.2, 0.25) is 5.95 Å². The van der Waals surface area contributed by atoms with Crippen molar-refractivity contribution in [2.45, 2.75) is 59.1 Å². The van der Waals surface area contributed by atoms with Crippen molar-refractivity contribution in [2.24, 2.45) is 0 Å². The highest BCUT2D eigenvalue weighted by Gasteiger charge is 2.22. The van der Waals surface area contributed by atoms with Crippen LogP contribution in [0.3, 0.4) is 0 Å². The third-order valence-electron chi connectivity index (χ3n) is 4.91. The predicted octanol–water partition coefficient (Wildman–Crippen LogP) is 3.82. The quantitative estimate of drug-likeness (QED) is 0.855. The van der Waals surface area contributed by atoms with Crippen LogP contribution in [-0.4, -0.2) is 28.2 Å². The largest absolute Gasteiger partial charge is 0.386 e. The van der Waals surface area contributed by atoms with E-state index in [9.17, 15) is 5.11 Å². The second-order valence-corrected chi connectivity index (χ2v) is 7.87. The van der Waals surface area contributed by atoms with Gasteiger partial charge in [0.15, 0.2) is 0 Å². The highest BCUT2D eigenvalue weighted by molar-refractivity contribution is 5.49. The van der Waals surface area contributed by atoms with Crippen LogP contribution >= 0.6 is 0 Å². The molecule has 0 unspecified atom stereocenters. The van der Waals surface area contributed by atoms with Gasteiger partial charge in [0.05, 0.1) is 11.3 Å². The monoisotopic (exact) mass is 354 g/mol. The number of benzene rings is 1. The van der Waals surface area contributed by atoms with Gasteiger partial charge in [-0.3, -0.25) is 0 Å². The normalized spacial score (nSPS) is 14.5. The first-order valence-corrected chi connectivity index (χ1v) is 9.50. The van der Waals surface area contributed by atoms with Gasteiger partial charge >= 0.3 is 0 Å². The summed E-state index contributed by atoms with van der Waals surface area (Å²) in [5.74, 6) is 2.05. The lowest BCUT2D eigenvalue weighted by atomic mass is 9.91. The molecule has 0 bridgehead atoms. The predicted molar refractivity (Wildman–Crippen MR) is 107 cm³/mol. The Morgan fingerprint density at radius 3 is 2.62 bits per heavy atom. The third kappa shape index (κ3) is 3.98. The summed E-state index contributed by atoms with van der Waals surface area (Å²) in [5, 5.41) is 13.5. The van der Waals surface area contributed by atoms with Gasteiger partial charge in [-0.05, 0) is 49.8 Å². The van der Waals surface area contributed by atoms with E-state index in [1.165, 1.54) is 11.1 Å². The molecule has 0 aliphatic carbocycles. The molecular formula is C21H30N4O. The van der Waals surface area contributed by atoms with Crippen molar-refractivity contribution in [3.8, 4) is 0 Å². The number of aliphatic hydroxyl groups is 1. The number of hydrogen-bond donors (Lipinski definition) is 2. The van der Waals surface area contributed by atoms with E-state index >= 15 is 0 Å². The van der Waals surface area contributed by atoms with E-state index < -0.39 is 5.60 Å². The van der Waals surface area contributed by atoms with Gasteiger partial charge < -0.3 is 15.3 Å². The second kappa shape index (κ2) is 7.23. The van der Waals surface area contributed by atoms with Crippen molar-refractivity contribution >= 4 is 11.8 Å². The molecule has 0 saturated carbocycles. The molecule has 0 saturated heterocycles.